The van der Waals surface area contributed by atoms with Crippen molar-refractivity contribution in [3.8, 4) is 0 Å². The third-order valence-electron chi connectivity index (χ3n) is 2.56. The van der Waals surface area contributed by atoms with E-state index in [1.165, 1.54) is 5.56 Å². The zero-order valence-corrected chi connectivity index (χ0v) is 12.1. The summed E-state index contributed by atoms with van der Waals surface area (Å²) in [5, 5.41) is 2.75. The van der Waals surface area contributed by atoms with Crippen molar-refractivity contribution in [3.63, 3.8) is 0 Å². The lowest BCUT2D eigenvalue weighted by atomic mass is 9.87. The number of benzene rings is 1. The summed E-state index contributed by atoms with van der Waals surface area (Å²) in [5.74, 6) is 0.472. The summed E-state index contributed by atoms with van der Waals surface area (Å²) < 4.78 is 0. The van der Waals surface area contributed by atoms with Crippen LogP contribution in [0.5, 0.6) is 0 Å². The molecular formula is C14H22N2OS. The maximum absolute atomic E-state index is 11.4. The molecule has 0 saturated carbocycles. The fourth-order valence-electron chi connectivity index (χ4n) is 1.46. The molecule has 3 N–H and O–H groups in total. The van der Waals surface area contributed by atoms with E-state index in [4.69, 9.17) is 5.73 Å². The molecule has 1 aromatic rings. The third kappa shape index (κ3) is 5.10. The zero-order valence-electron chi connectivity index (χ0n) is 11.3. The Morgan fingerprint density at radius 2 is 1.89 bits per heavy atom. The number of carbonyl (C=O) groups is 1. The second-order valence-corrected chi connectivity index (χ2v) is 6.25. The number of hydrogen-bond donors (Lipinski definition) is 2. The number of nitrogens with one attached hydrogen (secondary N) is 1. The minimum atomic E-state index is 0.0327. The van der Waals surface area contributed by atoms with Crippen molar-refractivity contribution in [1.82, 2.24) is 5.32 Å². The van der Waals surface area contributed by atoms with Crippen LogP contribution in [0.3, 0.4) is 0 Å². The second-order valence-electron chi connectivity index (χ2n) is 5.20. The molecule has 0 bridgehead atoms. The molecule has 1 rings (SSSR count). The van der Waals surface area contributed by atoms with Crippen molar-refractivity contribution < 1.29 is 4.79 Å². The molecule has 0 spiro atoms. The minimum Gasteiger partial charge on any atom is -0.354 e. The highest BCUT2D eigenvalue weighted by Crippen LogP contribution is 2.25. The first kappa shape index (κ1) is 15.1. The third-order valence-corrected chi connectivity index (χ3v) is 3.57. The quantitative estimate of drug-likeness (QED) is 0.803. The van der Waals surface area contributed by atoms with Gasteiger partial charge in [0.05, 0.1) is 5.75 Å². The number of thioether (sulfide) groups is 1. The van der Waals surface area contributed by atoms with Gasteiger partial charge in [0.1, 0.15) is 0 Å². The maximum atomic E-state index is 11.4. The number of nitrogens with two attached hydrogens (primary N) is 1. The monoisotopic (exact) mass is 266 g/mol. The van der Waals surface area contributed by atoms with E-state index in [0.717, 1.165) is 4.90 Å². The van der Waals surface area contributed by atoms with Gasteiger partial charge in [-0.2, -0.15) is 0 Å². The fourth-order valence-corrected chi connectivity index (χ4v) is 2.19. The summed E-state index contributed by atoms with van der Waals surface area (Å²) in [6, 6.07) is 8.39. The Hall–Kier alpha value is -1.00. The summed E-state index contributed by atoms with van der Waals surface area (Å²) in [4.78, 5) is 12.5. The molecule has 0 fully saturated rings. The molecule has 0 aliphatic carbocycles. The Morgan fingerprint density at radius 3 is 2.39 bits per heavy atom. The Kier molecular flexibility index (Phi) is 5.69. The van der Waals surface area contributed by atoms with Crippen molar-refractivity contribution in [2.45, 2.75) is 31.1 Å². The van der Waals surface area contributed by atoms with Crippen LogP contribution in [-0.2, 0) is 10.2 Å². The van der Waals surface area contributed by atoms with Gasteiger partial charge in [-0.15, -0.1) is 11.8 Å². The van der Waals surface area contributed by atoms with E-state index in [9.17, 15) is 4.79 Å². The van der Waals surface area contributed by atoms with Crippen LogP contribution in [0.15, 0.2) is 29.2 Å². The van der Waals surface area contributed by atoms with Crippen LogP contribution in [0.1, 0.15) is 26.3 Å². The SMILES string of the molecule is CC(C)(C)c1ccc(SCC(=O)NCCN)cc1. The smallest absolute Gasteiger partial charge is 0.230 e. The number of hydrogen-bond acceptors (Lipinski definition) is 3. The van der Waals surface area contributed by atoms with E-state index in [-0.39, 0.29) is 11.3 Å². The van der Waals surface area contributed by atoms with E-state index in [2.05, 4.69) is 50.4 Å². The average Bonchev–Trinajstić information content (AvgIpc) is 2.33. The molecule has 1 amide bonds. The van der Waals surface area contributed by atoms with Gasteiger partial charge in [-0.25, -0.2) is 0 Å². The molecule has 0 unspecified atom stereocenters. The van der Waals surface area contributed by atoms with Gasteiger partial charge in [0.15, 0.2) is 0 Å². The minimum absolute atomic E-state index is 0.0327. The van der Waals surface area contributed by atoms with Crippen LogP contribution in [0.4, 0.5) is 0 Å². The van der Waals surface area contributed by atoms with Crippen molar-refractivity contribution in [3.05, 3.63) is 29.8 Å². The van der Waals surface area contributed by atoms with Gasteiger partial charge in [0, 0.05) is 18.0 Å². The molecule has 0 heterocycles. The Bertz CT molecular complexity index is 382. The summed E-state index contributed by atoms with van der Waals surface area (Å²) in [6.07, 6.45) is 0. The molecule has 18 heavy (non-hydrogen) atoms. The Morgan fingerprint density at radius 1 is 1.28 bits per heavy atom. The van der Waals surface area contributed by atoms with E-state index in [1.807, 2.05) is 0 Å². The largest absolute Gasteiger partial charge is 0.354 e. The standard InChI is InChI=1S/C14H22N2OS/c1-14(2,3)11-4-6-12(7-5-11)18-10-13(17)16-9-8-15/h4-7H,8-10,15H2,1-3H3,(H,16,17). The van der Waals surface area contributed by atoms with Gasteiger partial charge >= 0.3 is 0 Å². The fraction of sp³-hybridized carbons (Fsp3) is 0.500. The molecular weight excluding hydrogens is 244 g/mol. The first-order valence-electron chi connectivity index (χ1n) is 6.13. The van der Waals surface area contributed by atoms with Crippen LogP contribution >= 0.6 is 11.8 Å². The number of amides is 1. The summed E-state index contributed by atoms with van der Waals surface area (Å²) >= 11 is 1.55. The van der Waals surface area contributed by atoms with Gasteiger partial charge in [0.2, 0.25) is 5.91 Å². The first-order chi connectivity index (χ1) is 8.43. The Balaban J connectivity index is 2.47. The second kappa shape index (κ2) is 6.81. The molecule has 0 radical (unpaired) electrons. The summed E-state index contributed by atoms with van der Waals surface area (Å²) in [6.45, 7) is 7.60. The molecule has 0 aliphatic rings. The molecule has 0 saturated heterocycles. The zero-order chi connectivity index (χ0) is 13.6. The van der Waals surface area contributed by atoms with Gasteiger partial charge < -0.3 is 11.1 Å². The highest BCUT2D eigenvalue weighted by Gasteiger charge is 2.12. The number of rotatable bonds is 5. The van der Waals surface area contributed by atoms with Gasteiger partial charge in [0.25, 0.3) is 0 Å². The summed E-state index contributed by atoms with van der Waals surface area (Å²) in [5.41, 5.74) is 6.79. The lowest BCUT2D eigenvalue weighted by molar-refractivity contribution is -0.118. The molecule has 1 aromatic carbocycles. The van der Waals surface area contributed by atoms with Crippen LogP contribution in [0.2, 0.25) is 0 Å². The van der Waals surface area contributed by atoms with E-state index < -0.39 is 0 Å². The molecule has 4 heteroatoms. The van der Waals surface area contributed by atoms with Crippen molar-refractivity contribution >= 4 is 17.7 Å². The van der Waals surface area contributed by atoms with Crippen molar-refractivity contribution in [2.24, 2.45) is 5.73 Å². The van der Waals surface area contributed by atoms with Crippen molar-refractivity contribution in [1.29, 1.82) is 0 Å². The van der Waals surface area contributed by atoms with Crippen LogP contribution in [-0.4, -0.2) is 24.7 Å². The predicted molar refractivity (Wildman–Crippen MR) is 77.9 cm³/mol. The Labute approximate surface area is 114 Å². The topological polar surface area (TPSA) is 55.1 Å². The lowest BCUT2D eigenvalue weighted by Crippen LogP contribution is -2.30. The van der Waals surface area contributed by atoms with E-state index >= 15 is 0 Å². The highest BCUT2D eigenvalue weighted by atomic mass is 32.2. The predicted octanol–water partition coefficient (Wildman–Crippen LogP) is 2.15. The van der Waals surface area contributed by atoms with Crippen molar-refractivity contribution in [2.75, 3.05) is 18.8 Å². The normalized spacial score (nSPS) is 11.3. The highest BCUT2D eigenvalue weighted by molar-refractivity contribution is 8.00. The van der Waals surface area contributed by atoms with Crippen LogP contribution < -0.4 is 11.1 Å². The molecule has 0 atom stereocenters. The molecule has 3 nitrogen and oxygen atoms in total. The van der Waals surface area contributed by atoms with Gasteiger partial charge in [-0.1, -0.05) is 32.9 Å². The number of carbonyl (C=O) groups excluding carboxylic acids is 1. The first-order valence-corrected chi connectivity index (χ1v) is 7.12. The average molecular weight is 266 g/mol. The van der Waals surface area contributed by atoms with Gasteiger partial charge in [-0.05, 0) is 23.1 Å². The maximum Gasteiger partial charge on any atom is 0.230 e. The molecule has 0 aliphatic heterocycles. The van der Waals surface area contributed by atoms with E-state index in [1.54, 1.807) is 11.8 Å². The molecule has 0 aromatic heterocycles. The van der Waals surface area contributed by atoms with Gasteiger partial charge in [-0.3, -0.25) is 4.79 Å². The lowest BCUT2D eigenvalue weighted by Gasteiger charge is -2.19. The van der Waals surface area contributed by atoms with Crippen LogP contribution in [0, 0.1) is 0 Å². The molecule has 100 valence electrons. The van der Waals surface area contributed by atoms with Crippen LogP contribution in [0.25, 0.3) is 0 Å². The summed E-state index contributed by atoms with van der Waals surface area (Å²) in [7, 11) is 0. The van der Waals surface area contributed by atoms with E-state index in [0.29, 0.717) is 18.8 Å².